The number of hydrogen-bond donors (Lipinski definition) is 2. The molecule has 0 radical (unpaired) electrons. The van der Waals surface area contributed by atoms with Crippen molar-refractivity contribution in [3.8, 4) is 0 Å². The molecule has 4 nitrogen and oxygen atoms in total. The van der Waals surface area contributed by atoms with Crippen molar-refractivity contribution in [3.63, 3.8) is 0 Å². The zero-order valence-corrected chi connectivity index (χ0v) is 12.3. The van der Waals surface area contributed by atoms with E-state index in [2.05, 4.69) is 19.2 Å². The number of benzene rings is 1. The number of hydrogen-bond acceptors (Lipinski definition) is 3. The molecule has 0 aromatic heterocycles. The quantitative estimate of drug-likeness (QED) is 0.895. The van der Waals surface area contributed by atoms with Gasteiger partial charge >= 0.3 is 0 Å². The van der Waals surface area contributed by atoms with Crippen LogP contribution in [-0.4, -0.2) is 14.5 Å². The minimum Gasteiger partial charge on any atom is -0.382 e. The molecule has 3 atom stereocenters. The number of rotatable bonds is 3. The maximum Gasteiger partial charge on any atom is 0.238 e. The Morgan fingerprint density at radius 1 is 1.16 bits per heavy atom. The Morgan fingerprint density at radius 2 is 1.79 bits per heavy atom. The van der Waals surface area contributed by atoms with Crippen LogP contribution in [0.3, 0.4) is 0 Å². The van der Waals surface area contributed by atoms with Crippen LogP contribution in [0.1, 0.15) is 33.1 Å². The molecule has 0 heterocycles. The lowest BCUT2D eigenvalue weighted by atomic mass is 9.80. The first-order valence-corrected chi connectivity index (χ1v) is 8.30. The summed E-state index contributed by atoms with van der Waals surface area (Å²) < 4.78 is 22.4. The van der Waals surface area contributed by atoms with Gasteiger partial charge in [0.15, 0.2) is 0 Å². The van der Waals surface area contributed by atoms with Crippen molar-refractivity contribution in [3.05, 3.63) is 24.3 Å². The molecule has 1 fully saturated rings. The second kappa shape index (κ2) is 5.51. The minimum atomic E-state index is -3.60. The molecule has 106 valence electrons. The highest BCUT2D eigenvalue weighted by Gasteiger charge is 2.25. The van der Waals surface area contributed by atoms with Crippen molar-refractivity contribution >= 4 is 15.7 Å². The summed E-state index contributed by atoms with van der Waals surface area (Å²) in [6, 6.07) is 7.13. The van der Waals surface area contributed by atoms with Gasteiger partial charge in [0.2, 0.25) is 10.0 Å². The standard InChI is InChI=1S/C14H22N2O2S/c1-10-3-8-14(11(2)9-10)16-12-4-6-13(7-5-12)19(15,17)18/h4-7,10-11,14,16H,3,8-9H2,1-2H3,(H2,15,17,18). The second-order valence-electron chi connectivity index (χ2n) is 5.72. The summed E-state index contributed by atoms with van der Waals surface area (Å²) in [5.74, 6) is 1.44. The van der Waals surface area contributed by atoms with Crippen molar-refractivity contribution in [2.45, 2.75) is 44.0 Å². The fourth-order valence-corrected chi connectivity index (χ4v) is 3.35. The fourth-order valence-electron chi connectivity index (χ4n) is 2.83. The normalized spacial score (nSPS) is 28.1. The van der Waals surface area contributed by atoms with E-state index in [-0.39, 0.29) is 4.90 Å². The Bertz CT molecular complexity index is 525. The average molecular weight is 282 g/mol. The Kier molecular flexibility index (Phi) is 4.16. The lowest BCUT2D eigenvalue weighted by Gasteiger charge is -2.33. The molecule has 1 aromatic carbocycles. The highest BCUT2D eigenvalue weighted by atomic mass is 32.2. The van der Waals surface area contributed by atoms with E-state index < -0.39 is 10.0 Å². The van der Waals surface area contributed by atoms with Crippen molar-refractivity contribution < 1.29 is 8.42 Å². The SMILES string of the molecule is CC1CCC(Nc2ccc(S(N)(=O)=O)cc2)C(C)C1. The van der Waals surface area contributed by atoms with Gasteiger partial charge in [0, 0.05) is 11.7 Å². The highest BCUT2D eigenvalue weighted by molar-refractivity contribution is 7.89. The van der Waals surface area contributed by atoms with Crippen LogP contribution in [-0.2, 0) is 10.0 Å². The van der Waals surface area contributed by atoms with Gasteiger partial charge in [0.1, 0.15) is 0 Å². The first-order valence-electron chi connectivity index (χ1n) is 6.75. The van der Waals surface area contributed by atoms with E-state index in [0.29, 0.717) is 12.0 Å². The van der Waals surface area contributed by atoms with Gasteiger partial charge in [-0.3, -0.25) is 0 Å². The smallest absolute Gasteiger partial charge is 0.238 e. The Hall–Kier alpha value is -1.07. The molecule has 0 amide bonds. The van der Waals surface area contributed by atoms with Gasteiger partial charge < -0.3 is 5.32 Å². The molecule has 1 aromatic rings. The highest BCUT2D eigenvalue weighted by Crippen LogP contribution is 2.30. The molecule has 19 heavy (non-hydrogen) atoms. The van der Waals surface area contributed by atoms with E-state index >= 15 is 0 Å². The fraction of sp³-hybridized carbons (Fsp3) is 0.571. The Morgan fingerprint density at radius 3 is 2.32 bits per heavy atom. The molecule has 0 spiro atoms. The summed E-state index contributed by atoms with van der Waals surface area (Å²) in [7, 11) is -3.60. The van der Waals surface area contributed by atoms with Crippen LogP contribution in [0, 0.1) is 11.8 Å². The first-order chi connectivity index (χ1) is 8.86. The number of sulfonamides is 1. The van der Waals surface area contributed by atoms with E-state index in [0.717, 1.165) is 11.6 Å². The molecule has 0 saturated heterocycles. The molecule has 3 unspecified atom stereocenters. The van der Waals surface area contributed by atoms with Gasteiger partial charge in [0.05, 0.1) is 4.90 Å². The third kappa shape index (κ3) is 3.70. The van der Waals surface area contributed by atoms with E-state index in [1.54, 1.807) is 24.3 Å². The van der Waals surface area contributed by atoms with Crippen LogP contribution in [0.25, 0.3) is 0 Å². The summed E-state index contributed by atoms with van der Waals surface area (Å²) in [6.07, 6.45) is 3.66. The molecule has 1 aliphatic rings. The topological polar surface area (TPSA) is 72.2 Å². The third-order valence-corrected chi connectivity index (χ3v) is 4.90. The molecule has 5 heteroatoms. The zero-order valence-electron chi connectivity index (χ0n) is 11.5. The van der Waals surface area contributed by atoms with E-state index in [1.165, 1.54) is 19.3 Å². The second-order valence-corrected chi connectivity index (χ2v) is 7.28. The van der Waals surface area contributed by atoms with Crippen molar-refractivity contribution in [2.24, 2.45) is 17.0 Å². The van der Waals surface area contributed by atoms with Crippen molar-refractivity contribution in [2.75, 3.05) is 5.32 Å². The lowest BCUT2D eigenvalue weighted by molar-refractivity contribution is 0.276. The third-order valence-electron chi connectivity index (χ3n) is 3.97. The molecule has 1 saturated carbocycles. The van der Waals surface area contributed by atoms with Gasteiger partial charge in [-0.05, 0) is 55.4 Å². The predicted octanol–water partition coefficient (Wildman–Crippen LogP) is 2.57. The average Bonchev–Trinajstić information content (AvgIpc) is 2.32. The van der Waals surface area contributed by atoms with Crippen molar-refractivity contribution in [1.82, 2.24) is 0 Å². The number of nitrogens with one attached hydrogen (secondary N) is 1. The van der Waals surface area contributed by atoms with Crippen LogP contribution in [0.5, 0.6) is 0 Å². The molecular formula is C14H22N2O2S. The monoisotopic (exact) mass is 282 g/mol. The van der Waals surface area contributed by atoms with E-state index in [9.17, 15) is 8.42 Å². The van der Waals surface area contributed by atoms with Crippen LogP contribution in [0.15, 0.2) is 29.2 Å². The molecule has 1 aliphatic carbocycles. The summed E-state index contributed by atoms with van der Waals surface area (Å²) in [6.45, 7) is 4.57. The maximum absolute atomic E-state index is 11.2. The van der Waals surface area contributed by atoms with E-state index in [1.807, 2.05) is 0 Å². The number of nitrogens with two attached hydrogens (primary N) is 1. The largest absolute Gasteiger partial charge is 0.382 e. The van der Waals surface area contributed by atoms with Crippen LogP contribution < -0.4 is 10.5 Å². The number of primary sulfonamides is 1. The van der Waals surface area contributed by atoms with Gasteiger partial charge in [0.25, 0.3) is 0 Å². The van der Waals surface area contributed by atoms with Gasteiger partial charge in [-0.1, -0.05) is 13.8 Å². The molecule has 0 aliphatic heterocycles. The summed E-state index contributed by atoms with van der Waals surface area (Å²) >= 11 is 0. The Balaban J connectivity index is 2.04. The summed E-state index contributed by atoms with van der Waals surface area (Å²) in [4.78, 5) is 0.156. The Labute approximate surface area is 115 Å². The zero-order chi connectivity index (χ0) is 14.0. The number of anilines is 1. The maximum atomic E-state index is 11.2. The van der Waals surface area contributed by atoms with E-state index in [4.69, 9.17) is 5.14 Å². The van der Waals surface area contributed by atoms with Crippen molar-refractivity contribution in [1.29, 1.82) is 0 Å². The van der Waals surface area contributed by atoms with Gasteiger partial charge in [-0.25, -0.2) is 13.6 Å². The lowest BCUT2D eigenvalue weighted by Crippen LogP contribution is -2.32. The molecule has 2 rings (SSSR count). The molecule has 0 bridgehead atoms. The van der Waals surface area contributed by atoms with Crippen LogP contribution >= 0.6 is 0 Å². The minimum absolute atomic E-state index is 0.156. The molecular weight excluding hydrogens is 260 g/mol. The summed E-state index contributed by atoms with van der Waals surface area (Å²) in [5.41, 5.74) is 0.957. The van der Waals surface area contributed by atoms with Crippen LogP contribution in [0.2, 0.25) is 0 Å². The predicted molar refractivity (Wildman–Crippen MR) is 77.4 cm³/mol. The van der Waals surface area contributed by atoms with Gasteiger partial charge in [-0.15, -0.1) is 0 Å². The van der Waals surface area contributed by atoms with Crippen LogP contribution in [0.4, 0.5) is 5.69 Å². The molecule has 3 N–H and O–H groups in total. The first kappa shape index (κ1) is 14.3. The summed E-state index contributed by atoms with van der Waals surface area (Å²) in [5, 5.41) is 8.57. The van der Waals surface area contributed by atoms with Gasteiger partial charge in [-0.2, -0.15) is 0 Å².